The zero-order valence-electron chi connectivity index (χ0n) is 16.1. The summed E-state index contributed by atoms with van der Waals surface area (Å²) in [4.78, 5) is 19.9. The van der Waals surface area contributed by atoms with E-state index in [1.54, 1.807) is 4.31 Å². The normalized spacial score (nSPS) is 18.0. The van der Waals surface area contributed by atoms with Gasteiger partial charge in [0.15, 0.2) is 5.13 Å². The van der Waals surface area contributed by atoms with Crippen molar-refractivity contribution in [2.75, 3.05) is 37.2 Å². The molecule has 0 saturated carbocycles. The van der Waals surface area contributed by atoms with Gasteiger partial charge in [0.1, 0.15) is 0 Å². The summed E-state index contributed by atoms with van der Waals surface area (Å²) in [7, 11) is -3.18. The molecule has 2 heterocycles. The fourth-order valence-corrected chi connectivity index (χ4v) is 5.30. The Morgan fingerprint density at radius 3 is 2.42 bits per heavy atom. The van der Waals surface area contributed by atoms with Crippen LogP contribution < -0.4 is 5.32 Å². The lowest BCUT2D eigenvalue weighted by atomic mass is 10.2. The van der Waals surface area contributed by atoms with Gasteiger partial charge in [0.2, 0.25) is 15.9 Å². The van der Waals surface area contributed by atoms with Crippen LogP contribution in [0.4, 0.5) is 5.13 Å². The van der Waals surface area contributed by atoms with Crippen molar-refractivity contribution in [1.82, 2.24) is 14.2 Å². The number of anilines is 1. The van der Waals surface area contributed by atoms with Gasteiger partial charge in [-0.3, -0.25) is 9.69 Å². The van der Waals surface area contributed by atoms with E-state index >= 15 is 0 Å². The first-order valence-electron chi connectivity index (χ1n) is 9.21. The summed E-state index contributed by atoms with van der Waals surface area (Å²) in [6.45, 7) is 9.84. The van der Waals surface area contributed by atoms with Crippen LogP contribution in [-0.2, 0) is 14.8 Å². The Morgan fingerprint density at radius 1 is 1.23 bits per heavy atom. The molecule has 0 bridgehead atoms. The van der Waals surface area contributed by atoms with E-state index in [-0.39, 0.29) is 17.7 Å². The van der Waals surface area contributed by atoms with Gasteiger partial charge in [0.25, 0.3) is 0 Å². The Labute approximate surface area is 160 Å². The van der Waals surface area contributed by atoms with Crippen LogP contribution >= 0.6 is 11.3 Å². The molecule has 1 aromatic rings. The SMILES string of the molecule is CCCCCS(=O)(=O)N1CCN(C(C)C(=O)Nc2nc(C)c(C)s2)CC1. The highest BCUT2D eigenvalue weighted by Crippen LogP contribution is 2.21. The molecule has 0 aliphatic carbocycles. The summed E-state index contributed by atoms with van der Waals surface area (Å²) in [5, 5.41) is 3.49. The first-order chi connectivity index (χ1) is 12.2. The van der Waals surface area contributed by atoms with Crippen molar-refractivity contribution < 1.29 is 13.2 Å². The molecule has 9 heteroatoms. The number of rotatable bonds is 8. The molecule has 7 nitrogen and oxygen atoms in total. The average Bonchev–Trinajstić information content (AvgIpc) is 2.92. The molecule has 1 atom stereocenters. The highest BCUT2D eigenvalue weighted by molar-refractivity contribution is 7.89. The summed E-state index contributed by atoms with van der Waals surface area (Å²) in [5.41, 5.74) is 0.930. The molecule has 1 unspecified atom stereocenters. The molecular formula is C17H30N4O3S2. The van der Waals surface area contributed by atoms with E-state index in [4.69, 9.17) is 0 Å². The number of aromatic nitrogens is 1. The number of nitrogens with one attached hydrogen (secondary N) is 1. The zero-order chi connectivity index (χ0) is 19.3. The van der Waals surface area contributed by atoms with Crippen LogP contribution in [0.15, 0.2) is 0 Å². The molecule has 1 amide bonds. The number of carbonyl (C=O) groups is 1. The van der Waals surface area contributed by atoms with Gasteiger partial charge in [0.05, 0.1) is 17.5 Å². The second kappa shape index (κ2) is 9.25. The van der Waals surface area contributed by atoms with Crippen LogP contribution in [0.2, 0.25) is 0 Å². The van der Waals surface area contributed by atoms with Gasteiger partial charge in [0, 0.05) is 31.1 Å². The van der Waals surface area contributed by atoms with Crippen LogP contribution in [-0.4, -0.2) is 66.5 Å². The topological polar surface area (TPSA) is 82.6 Å². The van der Waals surface area contributed by atoms with Crippen molar-refractivity contribution in [2.24, 2.45) is 0 Å². The molecule has 0 radical (unpaired) electrons. The molecule has 1 saturated heterocycles. The number of carbonyl (C=O) groups excluding carboxylic acids is 1. The van der Waals surface area contributed by atoms with Crippen molar-refractivity contribution in [3.63, 3.8) is 0 Å². The minimum atomic E-state index is -3.18. The number of aryl methyl sites for hydroxylation is 2. The van der Waals surface area contributed by atoms with Gasteiger partial charge in [-0.1, -0.05) is 19.8 Å². The van der Waals surface area contributed by atoms with Crippen molar-refractivity contribution in [1.29, 1.82) is 0 Å². The maximum absolute atomic E-state index is 12.5. The molecule has 148 valence electrons. The standard InChI is InChI=1S/C17H30N4O3S2/c1-5-6-7-12-26(23,24)21-10-8-20(9-11-21)14(3)16(22)19-17-18-13(2)15(4)25-17/h14H,5-12H2,1-4H3,(H,18,19,22). The van der Waals surface area contributed by atoms with E-state index in [0.717, 1.165) is 23.4 Å². The van der Waals surface area contributed by atoms with E-state index in [2.05, 4.69) is 17.2 Å². The monoisotopic (exact) mass is 402 g/mol. The third-order valence-electron chi connectivity index (χ3n) is 4.86. The summed E-state index contributed by atoms with van der Waals surface area (Å²) < 4.78 is 26.3. The Hall–Kier alpha value is -1.03. The predicted molar refractivity (Wildman–Crippen MR) is 106 cm³/mol. The van der Waals surface area contributed by atoms with Crippen molar-refractivity contribution in [3.8, 4) is 0 Å². The van der Waals surface area contributed by atoms with E-state index in [1.165, 1.54) is 11.3 Å². The van der Waals surface area contributed by atoms with E-state index in [0.29, 0.717) is 37.7 Å². The number of hydrogen-bond donors (Lipinski definition) is 1. The summed E-state index contributed by atoms with van der Waals surface area (Å²) >= 11 is 1.47. The summed E-state index contributed by atoms with van der Waals surface area (Å²) in [6, 6.07) is -0.315. The maximum Gasteiger partial charge on any atom is 0.243 e. The predicted octanol–water partition coefficient (Wildman–Crippen LogP) is 2.22. The lowest BCUT2D eigenvalue weighted by Crippen LogP contribution is -2.54. The van der Waals surface area contributed by atoms with Crippen LogP contribution in [0.5, 0.6) is 0 Å². The second-order valence-corrected chi connectivity index (χ2v) is 10.1. The lowest BCUT2D eigenvalue weighted by Gasteiger charge is -2.36. The summed E-state index contributed by atoms with van der Waals surface area (Å²) in [6.07, 6.45) is 2.66. The van der Waals surface area contributed by atoms with Crippen molar-refractivity contribution in [3.05, 3.63) is 10.6 Å². The van der Waals surface area contributed by atoms with Gasteiger partial charge in [-0.15, -0.1) is 11.3 Å². The van der Waals surface area contributed by atoms with E-state index in [9.17, 15) is 13.2 Å². The first-order valence-corrected chi connectivity index (χ1v) is 11.6. The number of unbranched alkanes of at least 4 members (excludes halogenated alkanes) is 2. The molecule has 2 rings (SSSR count). The van der Waals surface area contributed by atoms with Gasteiger partial charge < -0.3 is 5.32 Å². The molecule has 0 aromatic carbocycles. The maximum atomic E-state index is 12.5. The second-order valence-electron chi connectivity index (χ2n) is 6.78. The third kappa shape index (κ3) is 5.48. The Morgan fingerprint density at radius 2 is 1.88 bits per heavy atom. The number of sulfonamides is 1. The van der Waals surface area contributed by atoms with Crippen LogP contribution in [0.25, 0.3) is 0 Å². The first kappa shape index (κ1) is 21.3. The number of amides is 1. The van der Waals surface area contributed by atoms with E-state index in [1.807, 2.05) is 25.7 Å². The minimum Gasteiger partial charge on any atom is -0.301 e. The van der Waals surface area contributed by atoms with Crippen LogP contribution in [0, 0.1) is 13.8 Å². The number of thiazole rings is 1. The fraction of sp³-hybridized carbons (Fsp3) is 0.765. The zero-order valence-corrected chi connectivity index (χ0v) is 17.8. The molecule has 0 spiro atoms. The van der Waals surface area contributed by atoms with Crippen molar-refractivity contribution in [2.45, 2.75) is 53.0 Å². The van der Waals surface area contributed by atoms with Gasteiger partial charge >= 0.3 is 0 Å². The Balaban J connectivity index is 1.85. The highest BCUT2D eigenvalue weighted by atomic mass is 32.2. The summed E-state index contributed by atoms with van der Waals surface area (Å²) in [5.74, 6) is 0.123. The van der Waals surface area contributed by atoms with Crippen LogP contribution in [0.3, 0.4) is 0 Å². The number of hydrogen-bond acceptors (Lipinski definition) is 6. The minimum absolute atomic E-state index is 0.0991. The Bertz CT molecular complexity index is 690. The molecule has 1 fully saturated rings. The molecule has 1 aliphatic rings. The lowest BCUT2D eigenvalue weighted by molar-refractivity contribution is -0.121. The highest BCUT2D eigenvalue weighted by Gasteiger charge is 2.30. The largest absolute Gasteiger partial charge is 0.301 e. The Kier molecular flexibility index (Phi) is 7.57. The van der Waals surface area contributed by atoms with Crippen molar-refractivity contribution >= 4 is 32.4 Å². The quantitative estimate of drug-likeness (QED) is 0.674. The smallest absolute Gasteiger partial charge is 0.243 e. The number of piperazine rings is 1. The molecule has 1 N–H and O–H groups in total. The molecular weight excluding hydrogens is 372 g/mol. The molecule has 1 aromatic heterocycles. The van der Waals surface area contributed by atoms with E-state index < -0.39 is 10.0 Å². The average molecular weight is 403 g/mol. The fourth-order valence-electron chi connectivity index (χ4n) is 2.93. The van der Waals surface area contributed by atoms with Gasteiger partial charge in [-0.2, -0.15) is 4.31 Å². The van der Waals surface area contributed by atoms with Gasteiger partial charge in [-0.05, 0) is 27.2 Å². The van der Waals surface area contributed by atoms with Gasteiger partial charge in [-0.25, -0.2) is 13.4 Å². The third-order valence-corrected chi connectivity index (χ3v) is 7.80. The molecule has 1 aliphatic heterocycles. The number of nitrogens with zero attached hydrogens (tertiary/aromatic N) is 3. The molecule has 26 heavy (non-hydrogen) atoms. The van der Waals surface area contributed by atoms with Crippen LogP contribution in [0.1, 0.15) is 43.7 Å².